The number of hydrogen-bond acceptors (Lipinski definition) is 12. The summed E-state index contributed by atoms with van der Waals surface area (Å²) in [6, 6.07) is 8.43. The van der Waals surface area contributed by atoms with Gasteiger partial charge in [-0.15, -0.1) is 10.2 Å². The van der Waals surface area contributed by atoms with Gasteiger partial charge in [-0.25, -0.2) is 28.9 Å². The highest BCUT2D eigenvalue weighted by atomic mass is 35.5. The van der Waals surface area contributed by atoms with E-state index >= 15 is 0 Å². The lowest BCUT2D eigenvalue weighted by Gasteiger charge is -2.19. The molecule has 56 heavy (non-hydrogen) atoms. The monoisotopic (exact) mass is 801 g/mol. The third kappa shape index (κ3) is 12.1. The minimum Gasteiger partial charge on any atom is -0.492 e. The molecule has 1 fully saturated rings. The molecule has 0 saturated carbocycles. The van der Waals surface area contributed by atoms with Crippen LogP contribution in [-0.4, -0.2) is 105 Å². The van der Waals surface area contributed by atoms with Crippen LogP contribution in [0.2, 0.25) is 5.02 Å². The Hall–Kier alpha value is -5.26. The minimum absolute atomic E-state index is 0.00278. The first-order valence-electron chi connectivity index (χ1n) is 17.8. The second kappa shape index (κ2) is 19.1. The topological polar surface area (TPSA) is 145 Å². The third-order valence-corrected chi connectivity index (χ3v) is 8.36. The van der Waals surface area contributed by atoms with Crippen molar-refractivity contribution in [1.29, 1.82) is 0 Å². The maximum Gasteiger partial charge on any atom is 0.416 e. The molecular weight excluding hydrogens is 759 g/mol. The number of hydrogen-bond donors (Lipinski definition) is 0. The first-order valence-corrected chi connectivity index (χ1v) is 18.2. The lowest BCUT2D eigenvalue weighted by Crippen LogP contribution is -2.27. The fraction of sp³-hybridized carbons (Fsp3) is 0.421. The van der Waals surface area contributed by atoms with Crippen LogP contribution in [-0.2, 0) is 30.0 Å². The number of esters is 2. The molecule has 18 heteroatoms. The van der Waals surface area contributed by atoms with E-state index in [-0.39, 0.29) is 41.9 Å². The Morgan fingerprint density at radius 2 is 1.54 bits per heavy atom. The van der Waals surface area contributed by atoms with Crippen molar-refractivity contribution in [2.45, 2.75) is 52.5 Å². The third-order valence-electron chi connectivity index (χ3n) is 8.14. The number of carbonyl (C=O) groups is 2. The molecule has 5 rings (SSSR count). The second-order valence-corrected chi connectivity index (χ2v) is 13.7. The summed E-state index contributed by atoms with van der Waals surface area (Å²) < 4.78 is 71.6. The van der Waals surface area contributed by atoms with Gasteiger partial charge in [0.15, 0.2) is 11.6 Å². The van der Waals surface area contributed by atoms with Crippen molar-refractivity contribution in [3.63, 3.8) is 0 Å². The summed E-state index contributed by atoms with van der Waals surface area (Å²) in [6.45, 7) is 9.22. The number of methoxy groups -OCH3 is 1. The van der Waals surface area contributed by atoms with Gasteiger partial charge in [0.25, 0.3) is 0 Å². The maximum atomic E-state index is 13.9. The van der Waals surface area contributed by atoms with Gasteiger partial charge in [-0.2, -0.15) is 13.2 Å². The molecule has 0 bridgehead atoms. The van der Waals surface area contributed by atoms with Gasteiger partial charge in [0.2, 0.25) is 0 Å². The number of aromatic nitrogens is 6. The van der Waals surface area contributed by atoms with Crippen LogP contribution in [0.3, 0.4) is 0 Å². The van der Waals surface area contributed by atoms with Crippen molar-refractivity contribution in [2.75, 3.05) is 46.6 Å². The quantitative estimate of drug-likeness (QED) is 0.0652. The van der Waals surface area contributed by atoms with E-state index < -0.39 is 23.7 Å². The Balaban J connectivity index is 1.27. The standard InChI is InChI=1S/C38H43ClF3N7O7/c1-24(2)55-34(50)7-9-48-22-43-36(45-48)27-14-29(38(40,41)42)18-31(16-27)53-11-10-47-8-6-26(21-47)33(20-35(51)56-25(3)4)49-23-44-37(46-49)28-15-30(39)19-32(17-28)54-13-12-52-5/h7,9,14-20,22-26H,6,8,10-13,21H2,1-5H3/b9-7-,33-20-. The van der Waals surface area contributed by atoms with Crippen molar-refractivity contribution >= 4 is 35.4 Å². The van der Waals surface area contributed by atoms with E-state index in [9.17, 15) is 22.8 Å². The molecule has 300 valence electrons. The van der Waals surface area contributed by atoms with E-state index in [4.69, 9.17) is 35.3 Å². The van der Waals surface area contributed by atoms with Gasteiger partial charge in [0.05, 0.1) is 30.1 Å². The Morgan fingerprint density at radius 3 is 2.25 bits per heavy atom. The first kappa shape index (κ1) is 41.9. The molecule has 1 saturated heterocycles. The number of rotatable bonds is 17. The summed E-state index contributed by atoms with van der Waals surface area (Å²) in [5, 5.41) is 9.28. The highest BCUT2D eigenvalue weighted by Gasteiger charge is 2.32. The van der Waals surface area contributed by atoms with Crippen molar-refractivity contribution < 1.29 is 46.4 Å². The zero-order valence-corrected chi connectivity index (χ0v) is 32.3. The van der Waals surface area contributed by atoms with E-state index in [1.165, 1.54) is 35.7 Å². The molecule has 4 aromatic rings. The van der Waals surface area contributed by atoms with Crippen LogP contribution in [0.25, 0.3) is 34.7 Å². The molecule has 2 aromatic carbocycles. The number of nitrogens with zero attached hydrogens (tertiary/aromatic N) is 7. The summed E-state index contributed by atoms with van der Waals surface area (Å²) in [5.41, 5.74) is 0.329. The van der Waals surface area contributed by atoms with Crippen LogP contribution in [0.4, 0.5) is 13.2 Å². The maximum absolute atomic E-state index is 13.9. The summed E-state index contributed by atoms with van der Waals surface area (Å²) in [6.07, 6.45) is 1.95. The SMILES string of the molecule is COCCOc1cc(Cl)cc(-c2ncn(/C(=C\C(=O)OC(C)C)C3CCN(CCOc4cc(-c5ncn(/C=C\C(=O)OC(C)C)n5)cc(C(F)(F)F)c4)C3)n2)c1. The molecule has 1 aliphatic rings. The molecule has 3 heterocycles. The Bertz CT molecular complexity index is 2030. The first-order chi connectivity index (χ1) is 26.7. The van der Waals surface area contributed by atoms with Crippen LogP contribution in [0.5, 0.6) is 11.5 Å². The van der Waals surface area contributed by atoms with Gasteiger partial charge >= 0.3 is 18.1 Å². The summed E-state index contributed by atoms with van der Waals surface area (Å²) >= 11 is 6.36. The van der Waals surface area contributed by atoms with Crippen molar-refractivity contribution in [1.82, 2.24) is 34.4 Å². The van der Waals surface area contributed by atoms with Crippen molar-refractivity contribution in [3.05, 3.63) is 71.8 Å². The predicted molar refractivity (Wildman–Crippen MR) is 200 cm³/mol. The van der Waals surface area contributed by atoms with E-state index in [1.807, 2.05) is 0 Å². The number of benzene rings is 2. The van der Waals surface area contributed by atoms with E-state index in [1.54, 1.807) is 57.7 Å². The fourth-order valence-corrected chi connectivity index (χ4v) is 5.95. The second-order valence-electron chi connectivity index (χ2n) is 13.3. The van der Waals surface area contributed by atoms with Crippen molar-refractivity contribution in [3.8, 4) is 34.3 Å². The average Bonchev–Trinajstić information content (AvgIpc) is 3.91. The van der Waals surface area contributed by atoms with Gasteiger partial charge in [-0.1, -0.05) is 11.6 Å². The average molecular weight is 802 g/mol. The van der Waals surface area contributed by atoms with E-state index in [0.29, 0.717) is 67.1 Å². The van der Waals surface area contributed by atoms with Crippen LogP contribution in [0.15, 0.2) is 61.2 Å². The largest absolute Gasteiger partial charge is 0.492 e. The number of carbonyl (C=O) groups excluding carboxylic acids is 2. The Kier molecular flexibility index (Phi) is 14.3. The van der Waals surface area contributed by atoms with Crippen molar-refractivity contribution in [2.24, 2.45) is 5.92 Å². The molecule has 2 aromatic heterocycles. The Morgan fingerprint density at radius 1 is 0.875 bits per heavy atom. The minimum atomic E-state index is -4.66. The zero-order valence-electron chi connectivity index (χ0n) is 31.5. The number of ether oxygens (including phenoxy) is 5. The summed E-state index contributed by atoms with van der Waals surface area (Å²) in [5.74, 6) is -0.428. The highest BCUT2D eigenvalue weighted by Crippen LogP contribution is 2.35. The van der Waals surface area contributed by atoms with Gasteiger partial charge in [-0.3, -0.25) is 4.90 Å². The molecule has 0 amide bonds. The summed E-state index contributed by atoms with van der Waals surface area (Å²) in [4.78, 5) is 35.4. The number of likely N-dealkylation sites (tertiary alicyclic amines) is 1. The van der Waals surface area contributed by atoms with Gasteiger partial charge in [0, 0.05) is 60.6 Å². The van der Waals surface area contributed by atoms with E-state index in [0.717, 1.165) is 18.2 Å². The molecular formula is C38H43ClF3N7O7. The fourth-order valence-electron chi connectivity index (χ4n) is 5.73. The molecule has 0 N–H and O–H groups in total. The van der Waals surface area contributed by atoms with E-state index in [2.05, 4.69) is 25.1 Å². The smallest absolute Gasteiger partial charge is 0.416 e. The Labute approximate surface area is 326 Å². The van der Waals surface area contributed by atoms with Crippen LogP contribution < -0.4 is 9.47 Å². The lowest BCUT2D eigenvalue weighted by atomic mass is 10.0. The molecule has 0 aliphatic carbocycles. The van der Waals surface area contributed by atoms with Gasteiger partial charge in [-0.05, 0) is 77.1 Å². The van der Waals surface area contributed by atoms with Crippen LogP contribution in [0, 0.1) is 5.92 Å². The number of halogens is 4. The molecule has 1 unspecified atom stereocenters. The van der Waals surface area contributed by atoms with Crippen LogP contribution >= 0.6 is 11.6 Å². The number of alkyl halides is 3. The summed E-state index contributed by atoms with van der Waals surface area (Å²) in [7, 11) is 1.58. The van der Waals surface area contributed by atoms with Gasteiger partial charge in [0.1, 0.15) is 37.4 Å². The highest BCUT2D eigenvalue weighted by molar-refractivity contribution is 6.31. The molecule has 1 aliphatic heterocycles. The van der Waals surface area contributed by atoms with Gasteiger partial charge < -0.3 is 23.7 Å². The molecule has 14 nitrogen and oxygen atoms in total. The predicted octanol–water partition coefficient (Wildman–Crippen LogP) is 6.52. The molecule has 0 spiro atoms. The lowest BCUT2D eigenvalue weighted by molar-refractivity contribution is -0.142. The zero-order chi connectivity index (χ0) is 40.4. The molecule has 1 atom stereocenters. The van der Waals surface area contributed by atoms with Crippen LogP contribution in [0.1, 0.15) is 39.7 Å². The normalized spacial score (nSPS) is 15.3. The molecule has 0 radical (unpaired) electrons.